The van der Waals surface area contributed by atoms with E-state index < -0.39 is 27.7 Å². The van der Waals surface area contributed by atoms with Crippen LogP contribution in [-0.4, -0.2) is 49.1 Å². The van der Waals surface area contributed by atoms with Crippen LogP contribution >= 0.6 is 11.8 Å². The predicted molar refractivity (Wildman–Crippen MR) is 87.3 cm³/mol. The Kier molecular flexibility index (Phi) is 7.03. The molecule has 0 aromatic heterocycles. The minimum atomic E-state index is -0.767. The molecule has 0 bridgehead atoms. The molecule has 1 aliphatic rings. The quantitative estimate of drug-likeness (QED) is 0.301. The standard InChI is InChI=1S/C15H15N2O3S.In/c1-2-3-6-14(18)16-11-4-5-12-7-9-13(10-8-12)21-15(19)17-20;/h1,6-10,20H,2-3,11H2,(H,16,18)(H,17,19);. The van der Waals surface area contributed by atoms with Gasteiger partial charge in [-0.05, 0) is 0 Å². The van der Waals surface area contributed by atoms with Crippen LogP contribution in [0.2, 0.25) is 3.67 Å². The SMILES string of the molecule is O=C(NO)Sc1ccc(C#CCNC(=O)[CH]2CC[CH]=[In]2)cc1. The summed E-state index contributed by atoms with van der Waals surface area (Å²) in [5, 5.41) is 10.8. The Labute approximate surface area is 144 Å². The number of carbonyl (C=O) groups excluding carboxylic acids is 2. The first kappa shape index (κ1) is 17.1. The molecule has 1 aliphatic heterocycles. The summed E-state index contributed by atoms with van der Waals surface area (Å²) in [6, 6.07) is 7.10. The minimum absolute atomic E-state index is 0.158. The van der Waals surface area contributed by atoms with E-state index in [9.17, 15) is 9.59 Å². The summed E-state index contributed by atoms with van der Waals surface area (Å²) in [5.74, 6) is 6.06. The third-order valence-electron chi connectivity index (χ3n) is 3.09. The number of thioether (sulfide) groups is 1. The van der Waals surface area contributed by atoms with Crippen molar-refractivity contribution in [3.05, 3.63) is 29.8 Å². The molecule has 0 spiro atoms. The number of hydrogen-bond acceptors (Lipinski definition) is 4. The number of hydrogen-bond donors (Lipinski definition) is 3. The second-order valence-electron chi connectivity index (χ2n) is 4.66. The van der Waals surface area contributed by atoms with Crippen molar-refractivity contribution in [2.45, 2.75) is 21.4 Å². The van der Waals surface area contributed by atoms with Gasteiger partial charge >= 0.3 is 129 Å². The van der Waals surface area contributed by atoms with Gasteiger partial charge in [0.05, 0.1) is 0 Å². The summed E-state index contributed by atoms with van der Waals surface area (Å²) in [6.07, 6.45) is 2.12. The number of hydroxylamine groups is 1. The molecule has 1 atom stereocenters. The van der Waals surface area contributed by atoms with Gasteiger partial charge in [0.15, 0.2) is 0 Å². The van der Waals surface area contributed by atoms with Crippen molar-refractivity contribution in [3.8, 4) is 11.8 Å². The van der Waals surface area contributed by atoms with E-state index in [4.69, 9.17) is 5.21 Å². The molecule has 0 saturated heterocycles. The number of carbonyl (C=O) groups is 2. The van der Waals surface area contributed by atoms with Crippen molar-refractivity contribution >= 4 is 49.1 Å². The average molecular weight is 418 g/mol. The van der Waals surface area contributed by atoms with Crippen molar-refractivity contribution in [1.82, 2.24) is 10.8 Å². The van der Waals surface area contributed by atoms with Crippen LogP contribution in [0.25, 0.3) is 0 Å². The second-order valence-corrected chi connectivity index (χ2v) is 10.4. The van der Waals surface area contributed by atoms with Crippen LogP contribution in [0.1, 0.15) is 18.4 Å². The second kappa shape index (κ2) is 9.03. The molecule has 3 N–H and O–H groups in total. The topological polar surface area (TPSA) is 78.4 Å². The number of amides is 2. The van der Waals surface area contributed by atoms with Crippen LogP contribution in [0.15, 0.2) is 29.2 Å². The van der Waals surface area contributed by atoms with Gasteiger partial charge in [0, 0.05) is 0 Å². The van der Waals surface area contributed by atoms with Crippen molar-refractivity contribution < 1.29 is 14.8 Å². The molecule has 1 heterocycles. The molecule has 1 unspecified atom stereocenters. The molecule has 0 radical (unpaired) electrons. The fourth-order valence-electron chi connectivity index (χ4n) is 2.00. The summed E-state index contributed by atoms with van der Waals surface area (Å²) < 4.78 is 2.63. The Morgan fingerprint density at radius 1 is 1.36 bits per heavy atom. The van der Waals surface area contributed by atoms with Gasteiger partial charge in [-0.2, -0.15) is 0 Å². The van der Waals surface area contributed by atoms with E-state index in [2.05, 4.69) is 20.9 Å². The number of benzene rings is 1. The molecule has 0 aliphatic carbocycles. The van der Waals surface area contributed by atoms with Crippen molar-refractivity contribution in [3.63, 3.8) is 0 Å². The molecule has 7 heteroatoms. The summed E-state index contributed by atoms with van der Waals surface area (Å²) in [4.78, 5) is 23.5. The van der Waals surface area contributed by atoms with Gasteiger partial charge in [0.2, 0.25) is 0 Å². The van der Waals surface area contributed by atoms with E-state index >= 15 is 0 Å². The molecule has 2 rings (SSSR count). The van der Waals surface area contributed by atoms with Gasteiger partial charge in [-0.15, -0.1) is 0 Å². The van der Waals surface area contributed by atoms with Crippen LogP contribution in [0.4, 0.5) is 4.79 Å². The van der Waals surface area contributed by atoms with Gasteiger partial charge in [-0.1, -0.05) is 0 Å². The molecule has 0 saturated carbocycles. The molecule has 22 heavy (non-hydrogen) atoms. The van der Waals surface area contributed by atoms with Gasteiger partial charge in [-0.25, -0.2) is 5.48 Å². The van der Waals surface area contributed by atoms with Gasteiger partial charge in [0.25, 0.3) is 0 Å². The maximum atomic E-state index is 11.8. The number of nitrogens with one attached hydrogen (secondary N) is 2. The third kappa shape index (κ3) is 5.52. The molecular formula is C15H15InN2O3S. The van der Waals surface area contributed by atoms with Crippen LogP contribution in [0.3, 0.4) is 0 Å². The van der Waals surface area contributed by atoms with E-state index in [0.717, 1.165) is 35.1 Å². The maximum absolute atomic E-state index is 11.8. The zero-order valence-electron chi connectivity index (χ0n) is 11.8. The Balaban J connectivity index is 1.80. The van der Waals surface area contributed by atoms with Crippen LogP contribution in [0.5, 0.6) is 0 Å². The molecule has 0 fully saturated rings. The Hall–Kier alpha value is -1.23. The normalized spacial score (nSPS) is 15.4. The molecule has 112 valence electrons. The van der Waals surface area contributed by atoms with E-state index in [1.165, 1.54) is 0 Å². The molecular weight excluding hydrogens is 403 g/mol. The first-order valence-corrected chi connectivity index (χ1v) is 11.5. The van der Waals surface area contributed by atoms with Crippen LogP contribution in [-0.2, 0) is 4.79 Å². The van der Waals surface area contributed by atoms with E-state index in [0.29, 0.717) is 10.2 Å². The fraction of sp³-hybridized carbons (Fsp3) is 0.267. The third-order valence-corrected chi connectivity index (χ3v) is 8.74. The van der Waals surface area contributed by atoms with Crippen molar-refractivity contribution in [1.29, 1.82) is 0 Å². The summed E-state index contributed by atoms with van der Waals surface area (Å²) in [6.45, 7) is 0.362. The van der Waals surface area contributed by atoms with Gasteiger partial charge in [-0.3, -0.25) is 10.0 Å². The fourth-order valence-corrected chi connectivity index (χ4v) is 6.50. The van der Waals surface area contributed by atoms with E-state index in [1.54, 1.807) is 29.7 Å². The first-order valence-electron chi connectivity index (χ1n) is 6.84. The Morgan fingerprint density at radius 2 is 2.14 bits per heavy atom. The van der Waals surface area contributed by atoms with Crippen molar-refractivity contribution in [2.24, 2.45) is 0 Å². The van der Waals surface area contributed by atoms with Crippen LogP contribution < -0.4 is 10.8 Å². The zero-order chi connectivity index (χ0) is 15.8. The molecule has 1 aromatic rings. The average Bonchev–Trinajstić information content (AvgIpc) is 3.07. The molecule has 2 amide bonds. The zero-order valence-corrected chi connectivity index (χ0v) is 15.9. The van der Waals surface area contributed by atoms with E-state index in [1.807, 2.05) is 0 Å². The summed E-state index contributed by atoms with van der Waals surface area (Å²) >= 11 is 0.128. The number of rotatable bonds is 3. The van der Waals surface area contributed by atoms with E-state index in [-0.39, 0.29) is 5.91 Å². The molecule has 1 aromatic carbocycles. The van der Waals surface area contributed by atoms with Crippen LogP contribution in [0, 0.1) is 11.8 Å². The first-order chi connectivity index (χ1) is 10.7. The van der Waals surface area contributed by atoms with Gasteiger partial charge in [0.1, 0.15) is 0 Å². The Morgan fingerprint density at radius 3 is 2.77 bits per heavy atom. The molecule has 5 nitrogen and oxygen atoms in total. The summed E-state index contributed by atoms with van der Waals surface area (Å²) in [7, 11) is 0. The van der Waals surface area contributed by atoms with Crippen molar-refractivity contribution in [2.75, 3.05) is 6.54 Å². The monoisotopic (exact) mass is 418 g/mol. The predicted octanol–water partition coefficient (Wildman–Crippen LogP) is 1.43. The Bertz CT molecular complexity index is 634. The summed E-state index contributed by atoms with van der Waals surface area (Å²) in [5.41, 5.74) is 2.38. The van der Waals surface area contributed by atoms with Gasteiger partial charge < -0.3 is 0 Å².